The van der Waals surface area contributed by atoms with E-state index in [1.165, 1.54) is 0 Å². The standard InChI is InChI=1S/C20H25N3O3/c1-15(2)11-18(20(25)22-13-16-7-6-10-21-12-16)23-19(24)14-26-17-8-4-3-5-9-17/h3-10,12,15,18H,11,13-14H2,1-2H3,(H,22,25)(H,23,24)/t18-/m0/s1. The van der Waals surface area contributed by atoms with Crippen LogP contribution in [0.25, 0.3) is 0 Å². The highest BCUT2D eigenvalue weighted by Crippen LogP contribution is 2.09. The molecule has 0 fully saturated rings. The lowest BCUT2D eigenvalue weighted by atomic mass is 10.0. The zero-order valence-corrected chi connectivity index (χ0v) is 15.1. The van der Waals surface area contributed by atoms with Crippen LogP contribution in [0, 0.1) is 5.92 Å². The zero-order valence-electron chi connectivity index (χ0n) is 15.1. The zero-order chi connectivity index (χ0) is 18.8. The van der Waals surface area contributed by atoms with Crippen molar-refractivity contribution >= 4 is 11.8 Å². The van der Waals surface area contributed by atoms with Gasteiger partial charge in [-0.2, -0.15) is 0 Å². The van der Waals surface area contributed by atoms with Crippen molar-refractivity contribution in [3.05, 3.63) is 60.4 Å². The lowest BCUT2D eigenvalue weighted by Gasteiger charge is -2.20. The third kappa shape index (κ3) is 6.93. The molecule has 1 aromatic carbocycles. The van der Waals surface area contributed by atoms with Crippen LogP contribution >= 0.6 is 0 Å². The van der Waals surface area contributed by atoms with Crippen LogP contribution in [0.3, 0.4) is 0 Å². The van der Waals surface area contributed by atoms with E-state index in [1.807, 2.05) is 44.2 Å². The largest absolute Gasteiger partial charge is 0.484 e. The maximum atomic E-state index is 12.5. The molecule has 2 aromatic rings. The number of amides is 2. The van der Waals surface area contributed by atoms with Crippen LogP contribution in [0.4, 0.5) is 0 Å². The highest BCUT2D eigenvalue weighted by atomic mass is 16.5. The van der Waals surface area contributed by atoms with Gasteiger partial charge < -0.3 is 15.4 Å². The third-order valence-electron chi connectivity index (χ3n) is 3.66. The van der Waals surface area contributed by atoms with Crippen molar-refractivity contribution < 1.29 is 14.3 Å². The number of benzene rings is 1. The second kappa shape index (κ2) is 10.2. The predicted molar refractivity (Wildman–Crippen MR) is 99.4 cm³/mol. The van der Waals surface area contributed by atoms with Gasteiger partial charge in [-0.05, 0) is 36.1 Å². The van der Waals surface area contributed by atoms with E-state index in [1.54, 1.807) is 24.5 Å². The molecule has 1 aromatic heterocycles. The molecule has 6 heteroatoms. The van der Waals surface area contributed by atoms with Gasteiger partial charge in [-0.15, -0.1) is 0 Å². The van der Waals surface area contributed by atoms with Gasteiger partial charge >= 0.3 is 0 Å². The molecule has 0 aliphatic carbocycles. The molecule has 6 nitrogen and oxygen atoms in total. The fraction of sp³-hybridized carbons (Fsp3) is 0.350. The van der Waals surface area contributed by atoms with E-state index in [-0.39, 0.29) is 24.3 Å². The Kier molecular flexibility index (Phi) is 7.61. The van der Waals surface area contributed by atoms with Crippen molar-refractivity contribution in [3.63, 3.8) is 0 Å². The second-order valence-electron chi connectivity index (χ2n) is 6.43. The van der Waals surface area contributed by atoms with Gasteiger partial charge in [0, 0.05) is 18.9 Å². The number of rotatable bonds is 9. The van der Waals surface area contributed by atoms with E-state index in [2.05, 4.69) is 15.6 Å². The van der Waals surface area contributed by atoms with Crippen molar-refractivity contribution in [2.45, 2.75) is 32.9 Å². The van der Waals surface area contributed by atoms with Gasteiger partial charge in [0.15, 0.2) is 6.61 Å². The van der Waals surface area contributed by atoms with Crippen molar-refractivity contribution in [1.29, 1.82) is 0 Å². The summed E-state index contributed by atoms with van der Waals surface area (Å²) in [6, 6.07) is 12.2. The summed E-state index contributed by atoms with van der Waals surface area (Å²) in [7, 11) is 0. The molecule has 0 saturated heterocycles. The first-order chi connectivity index (χ1) is 12.5. The molecule has 26 heavy (non-hydrogen) atoms. The Bertz CT molecular complexity index is 690. The second-order valence-corrected chi connectivity index (χ2v) is 6.43. The van der Waals surface area contributed by atoms with Crippen LogP contribution in [-0.4, -0.2) is 29.4 Å². The van der Waals surface area contributed by atoms with Gasteiger partial charge in [-0.3, -0.25) is 14.6 Å². The number of pyridine rings is 1. The molecule has 1 atom stereocenters. The number of ether oxygens (including phenoxy) is 1. The molecule has 0 aliphatic heterocycles. The van der Waals surface area contributed by atoms with Crippen molar-refractivity contribution in [3.8, 4) is 5.75 Å². The lowest BCUT2D eigenvalue weighted by Crippen LogP contribution is -2.48. The first-order valence-electron chi connectivity index (χ1n) is 8.68. The Morgan fingerprint density at radius 1 is 1.12 bits per heavy atom. The van der Waals surface area contributed by atoms with E-state index in [0.717, 1.165) is 5.56 Å². The number of nitrogens with one attached hydrogen (secondary N) is 2. The van der Waals surface area contributed by atoms with Crippen molar-refractivity contribution in [2.24, 2.45) is 5.92 Å². The minimum absolute atomic E-state index is 0.130. The average molecular weight is 355 g/mol. The maximum absolute atomic E-state index is 12.5. The molecule has 0 spiro atoms. The summed E-state index contributed by atoms with van der Waals surface area (Å²) in [6.07, 6.45) is 3.93. The summed E-state index contributed by atoms with van der Waals surface area (Å²) in [4.78, 5) is 28.7. The van der Waals surface area contributed by atoms with Crippen LogP contribution in [0.5, 0.6) is 5.75 Å². The molecule has 0 aliphatic rings. The first-order valence-corrected chi connectivity index (χ1v) is 8.68. The van der Waals surface area contributed by atoms with Crippen molar-refractivity contribution in [2.75, 3.05) is 6.61 Å². The number of nitrogens with zero attached hydrogens (tertiary/aromatic N) is 1. The quantitative estimate of drug-likeness (QED) is 0.723. The van der Waals surface area contributed by atoms with Gasteiger partial charge in [0.25, 0.3) is 5.91 Å². The SMILES string of the molecule is CC(C)C[C@H](NC(=O)COc1ccccc1)C(=O)NCc1cccnc1. The molecular weight excluding hydrogens is 330 g/mol. The maximum Gasteiger partial charge on any atom is 0.258 e. The van der Waals surface area contributed by atoms with E-state index in [9.17, 15) is 9.59 Å². The third-order valence-corrected chi connectivity index (χ3v) is 3.66. The topological polar surface area (TPSA) is 80.3 Å². The molecule has 0 unspecified atom stereocenters. The fourth-order valence-electron chi connectivity index (χ4n) is 2.42. The number of hydrogen-bond donors (Lipinski definition) is 2. The molecule has 2 amide bonds. The molecule has 2 rings (SSSR count). The molecule has 1 heterocycles. The number of carbonyl (C=O) groups excluding carboxylic acids is 2. The van der Waals surface area contributed by atoms with Gasteiger partial charge in [0.05, 0.1) is 0 Å². The highest BCUT2D eigenvalue weighted by Gasteiger charge is 2.22. The number of carbonyl (C=O) groups is 2. The first kappa shape index (κ1) is 19.4. The molecule has 0 saturated carbocycles. The monoisotopic (exact) mass is 355 g/mol. The normalized spacial score (nSPS) is 11.7. The number of para-hydroxylation sites is 1. The van der Waals surface area contributed by atoms with Gasteiger partial charge in [0.2, 0.25) is 5.91 Å². The Hall–Kier alpha value is -2.89. The highest BCUT2D eigenvalue weighted by molar-refractivity contribution is 5.88. The summed E-state index contributed by atoms with van der Waals surface area (Å²) in [5.74, 6) is 0.343. The van der Waals surface area contributed by atoms with Crippen molar-refractivity contribution in [1.82, 2.24) is 15.6 Å². The Balaban J connectivity index is 1.86. The Morgan fingerprint density at radius 2 is 1.88 bits per heavy atom. The van der Waals surface area contributed by atoms with Crippen LogP contribution in [-0.2, 0) is 16.1 Å². The minimum atomic E-state index is -0.599. The van der Waals surface area contributed by atoms with E-state index in [0.29, 0.717) is 18.7 Å². The molecule has 0 bridgehead atoms. The predicted octanol–water partition coefficient (Wildman–Crippen LogP) is 2.31. The van der Waals surface area contributed by atoms with Crippen LogP contribution in [0.1, 0.15) is 25.8 Å². The summed E-state index contributed by atoms with van der Waals surface area (Å²) >= 11 is 0. The average Bonchev–Trinajstić information content (AvgIpc) is 2.65. The molecular formula is C20H25N3O3. The summed E-state index contributed by atoms with van der Waals surface area (Å²) in [5, 5.41) is 5.61. The van der Waals surface area contributed by atoms with E-state index >= 15 is 0 Å². The summed E-state index contributed by atoms with van der Waals surface area (Å²) < 4.78 is 5.43. The summed E-state index contributed by atoms with van der Waals surface area (Å²) in [6.45, 7) is 4.26. The van der Waals surface area contributed by atoms with Gasteiger partial charge in [-0.25, -0.2) is 0 Å². The Labute approximate surface area is 154 Å². The number of aromatic nitrogens is 1. The van der Waals surface area contributed by atoms with Crippen LogP contribution < -0.4 is 15.4 Å². The molecule has 2 N–H and O–H groups in total. The van der Waals surface area contributed by atoms with Crippen LogP contribution in [0.15, 0.2) is 54.9 Å². The van der Waals surface area contributed by atoms with Gasteiger partial charge in [-0.1, -0.05) is 38.1 Å². The lowest BCUT2D eigenvalue weighted by molar-refractivity contribution is -0.130. The molecule has 0 radical (unpaired) electrons. The molecule has 138 valence electrons. The van der Waals surface area contributed by atoms with E-state index in [4.69, 9.17) is 4.74 Å². The minimum Gasteiger partial charge on any atom is -0.484 e. The Morgan fingerprint density at radius 3 is 2.54 bits per heavy atom. The fourth-order valence-corrected chi connectivity index (χ4v) is 2.42. The smallest absolute Gasteiger partial charge is 0.258 e. The number of hydrogen-bond acceptors (Lipinski definition) is 4. The summed E-state index contributed by atoms with van der Waals surface area (Å²) in [5.41, 5.74) is 0.905. The van der Waals surface area contributed by atoms with Gasteiger partial charge in [0.1, 0.15) is 11.8 Å². The van der Waals surface area contributed by atoms with E-state index < -0.39 is 6.04 Å². The van der Waals surface area contributed by atoms with Crippen LogP contribution in [0.2, 0.25) is 0 Å².